The first-order chi connectivity index (χ1) is 6.75. The average Bonchev–Trinajstić information content (AvgIpc) is 2.17. The molecule has 0 radical (unpaired) electrons. The summed E-state index contributed by atoms with van der Waals surface area (Å²) in [6.07, 6.45) is 0. The fraction of sp³-hybridized carbons (Fsp3) is 1.00. The summed E-state index contributed by atoms with van der Waals surface area (Å²) in [7, 11) is 0. The lowest BCUT2D eigenvalue weighted by Gasteiger charge is -2.44. The van der Waals surface area contributed by atoms with E-state index in [1.54, 1.807) is 0 Å². The zero-order valence-electron chi connectivity index (χ0n) is 9.41. The lowest BCUT2D eigenvalue weighted by Crippen LogP contribution is -2.58. The summed E-state index contributed by atoms with van der Waals surface area (Å²) in [5.41, 5.74) is 0. The lowest BCUT2D eigenvalue weighted by molar-refractivity contribution is -0.0462. The van der Waals surface area contributed by atoms with Crippen LogP contribution >= 0.6 is 0 Å². The molecule has 0 aromatic rings. The first kappa shape index (κ1) is 10.4. The van der Waals surface area contributed by atoms with Crippen molar-refractivity contribution in [2.24, 2.45) is 5.92 Å². The lowest BCUT2D eigenvalue weighted by atomic mass is 10.1. The van der Waals surface area contributed by atoms with Crippen molar-refractivity contribution < 1.29 is 4.74 Å². The number of ether oxygens (including phenoxy) is 1. The Hall–Kier alpha value is -0.120. The van der Waals surface area contributed by atoms with Gasteiger partial charge in [0.2, 0.25) is 0 Å². The molecule has 2 aliphatic rings. The molecule has 1 atom stereocenters. The standard InChI is InChI=1S/C11H22N2O/c1-10(2)7-12-3-4-13-5-6-14-9-11(13)8-12/h10-11H,3-9H2,1-2H3. The highest BCUT2D eigenvalue weighted by Gasteiger charge is 2.29. The summed E-state index contributed by atoms with van der Waals surface area (Å²) in [5, 5.41) is 0. The number of hydrogen-bond acceptors (Lipinski definition) is 3. The predicted octanol–water partition coefficient (Wildman–Crippen LogP) is 0.659. The monoisotopic (exact) mass is 198 g/mol. The van der Waals surface area contributed by atoms with Crippen LogP contribution in [0.3, 0.4) is 0 Å². The van der Waals surface area contributed by atoms with Gasteiger partial charge in [-0.15, -0.1) is 0 Å². The second-order valence-corrected chi connectivity index (χ2v) is 4.92. The average molecular weight is 198 g/mol. The van der Waals surface area contributed by atoms with Gasteiger partial charge in [0.15, 0.2) is 0 Å². The van der Waals surface area contributed by atoms with E-state index in [4.69, 9.17) is 4.74 Å². The van der Waals surface area contributed by atoms with Gasteiger partial charge in [0, 0.05) is 38.8 Å². The van der Waals surface area contributed by atoms with Crippen LogP contribution in [0.15, 0.2) is 0 Å². The largest absolute Gasteiger partial charge is 0.378 e. The molecule has 0 aliphatic carbocycles. The van der Waals surface area contributed by atoms with Crippen LogP contribution in [0.2, 0.25) is 0 Å². The Morgan fingerprint density at radius 3 is 2.93 bits per heavy atom. The van der Waals surface area contributed by atoms with Crippen molar-refractivity contribution >= 4 is 0 Å². The number of fused-ring (bicyclic) bond motifs is 1. The van der Waals surface area contributed by atoms with Crippen molar-refractivity contribution in [3.63, 3.8) is 0 Å². The van der Waals surface area contributed by atoms with E-state index in [9.17, 15) is 0 Å². The van der Waals surface area contributed by atoms with Crippen LogP contribution in [0.4, 0.5) is 0 Å². The quantitative estimate of drug-likeness (QED) is 0.648. The van der Waals surface area contributed by atoms with Crippen molar-refractivity contribution in [3.8, 4) is 0 Å². The summed E-state index contributed by atoms with van der Waals surface area (Å²) < 4.78 is 5.52. The SMILES string of the molecule is CC(C)CN1CCN2CCOCC2C1. The fourth-order valence-corrected chi connectivity index (χ4v) is 2.49. The second-order valence-electron chi connectivity index (χ2n) is 4.92. The van der Waals surface area contributed by atoms with Crippen LogP contribution in [0.25, 0.3) is 0 Å². The van der Waals surface area contributed by atoms with E-state index in [-0.39, 0.29) is 0 Å². The minimum Gasteiger partial charge on any atom is -0.378 e. The Balaban J connectivity index is 1.83. The molecule has 82 valence electrons. The Labute approximate surface area is 87.0 Å². The maximum absolute atomic E-state index is 5.52. The summed E-state index contributed by atoms with van der Waals surface area (Å²) in [5.74, 6) is 0.783. The molecular weight excluding hydrogens is 176 g/mol. The van der Waals surface area contributed by atoms with Crippen LogP contribution in [0.1, 0.15) is 13.8 Å². The zero-order valence-corrected chi connectivity index (χ0v) is 9.41. The van der Waals surface area contributed by atoms with Crippen molar-refractivity contribution in [1.29, 1.82) is 0 Å². The minimum absolute atomic E-state index is 0.663. The van der Waals surface area contributed by atoms with Gasteiger partial charge in [-0.05, 0) is 5.92 Å². The van der Waals surface area contributed by atoms with Gasteiger partial charge < -0.3 is 9.64 Å². The van der Waals surface area contributed by atoms with Crippen molar-refractivity contribution in [1.82, 2.24) is 9.80 Å². The molecule has 0 N–H and O–H groups in total. The van der Waals surface area contributed by atoms with Gasteiger partial charge >= 0.3 is 0 Å². The molecule has 2 rings (SSSR count). The normalized spacial score (nSPS) is 30.6. The molecule has 1 unspecified atom stereocenters. The molecule has 0 amide bonds. The van der Waals surface area contributed by atoms with Crippen LogP contribution in [0.5, 0.6) is 0 Å². The van der Waals surface area contributed by atoms with Crippen molar-refractivity contribution in [3.05, 3.63) is 0 Å². The molecule has 0 bridgehead atoms. The number of nitrogens with zero attached hydrogens (tertiary/aromatic N) is 2. The van der Waals surface area contributed by atoms with Crippen LogP contribution < -0.4 is 0 Å². The molecule has 2 saturated heterocycles. The van der Waals surface area contributed by atoms with E-state index in [1.165, 1.54) is 26.2 Å². The maximum atomic E-state index is 5.52. The van der Waals surface area contributed by atoms with Crippen LogP contribution in [-0.4, -0.2) is 61.8 Å². The van der Waals surface area contributed by atoms with E-state index >= 15 is 0 Å². The number of hydrogen-bond donors (Lipinski definition) is 0. The molecular formula is C11H22N2O. The molecule has 0 saturated carbocycles. The number of morpholine rings is 1. The number of rotatable bonds is 2. The van der Waals surface area contributed by atoms with Gasteiger partial charge in [-0.2, -0.15) is 0 Å². The Morgan fingerprint density at radius 2 is 2.14 bits per heavy atom. The van der Waals surface area contributed by atoms with Gasteiger partial charge in [-0.3, -0.25) is 4.90 Å². The number of piperazine rings is 1. The molecule has 2 aliphatic heterocycles. The van der Waals surface area contributed by atoms with E-state index in [2.05, 4.69) is 23.6 Å². The zero-order chi connectivity index (χ0) is 9.97. The third-order valence-electron chi connectivity index (χ3n) is 3.15. The van der Waals surface area contributed by atoms with Crippen molar-refractivity contribution in [2.45, 2.75) is 19.9 Å². The minimum atomic E-state index is 0.663. The molecule has 2 heterocycles. The third kappa shape index (κ3) is 2.47. The smallest absolute Gasteiger partial charge is 0.0634 e. The highest BCUT2D eigenvalue weighted by Crippen LogP contribution is 2.14. The van der Waals surface area contributed by atoms with E-state index in [1.807, 2.05) is 0 Å². The molecule has 0 aromatic carbocycles. The maximum Gasteiger partial charge on any atom is 0.0634 e. The molecule has 2 fully saturated rings. The summed E-state index contributed by atoms with van der Waals surface area (Å²) >= 11 is 0. The third-order valence-corrected chi connectivity index (χ3v) is 3.15. The summed E-state index contributed by atoms with van der Waals surface area (Å²) in [6.45, 7) is 12.5. The van der Waals surface area contributed by atoms with Crippen molar-refractivity contribution in [2.75, 3.05) is 45.9 Å². The molecule has 0 aromatic heterocycles. The topological polar surface area (TPSA) is 15.7 Å². The molecule has 3 nitrogen and oxygen atoms in total. The predicted molar refractivity (Wildman–Crippen MR) is 57.5 cm³/mol. The van der Waals surface area contributed by atoms with E-state index in [0.29, 0.717) is 6.04 Å². The fourth-order valence-electron chi connectivity index (χ4n) is 2.49. The van der Waals surface area contributed by atoms with E-state index < -0.39 is 0 Å². The molecule has 3 heteroatoms. The second kappa shape index (κ2) is 4.60. The molecule has 0 spiro atoms. The highest BCUT2D eigenvalue weighted by atomic mass is 16.5. The van der Waals surface area contributed by atoms with Gasteiger partial charge in [-0.25, -0.2) is 0 Å². The first-order valence-corrected chi connectivity index (χ1v) is 5.80. The Kier molecular flexibility index (Phi) is 3.42. The Morgan fingerprint density at radius 1 is 1.29 bits per heavy atom. The first-order valence-electron chi connectivity index (χ1n) is 5.80. The van der Waals surface area contributed by atoms with Crippen LogP contribution in [-0.2, 0) is 4.74 Å². The van der Waals surface area contributed by atoms with Gasteiger partial charge in [0.1, 0.15) is 0 Å². The van der Waals surface area contributed by atoms with Gasteiger partial charge in [0.25, 0.3) is 0 Å². The van der Waals surface area contributed by atoms with Crippen LogP contribution in [0, 0.1) is 5.92 Å². The van der Waals surface area contributed by atoms with Gasteiger partial charge in [-0.1, -0.05) is 13.8 Å². The van der Waals surface area contributed by atoms with Gasteiger partial charge in [0.05, 0.1) is 13.2 Å². The van der Waals surface area contributed by atoms with E-state index in [0.717, 1.165) is 25.7 Å². The summed E-state index contributed by atoms with van der Waals surface area (Å²) in [6, 6.07) is 0.663. The highest BCUT2D eigenvalue weighted by molar-refractivity contribution is 4.84. The molecule has 14 heavy (non-hydrogen) atoms. The summed E-state index contributed by atoms with van der Waals surface area (Å²) in [4.78, 5) is 5.17. The Bertz CT molecular complexity index is 184.